The van der Waals surface area contributed by atoms with Crippen LogP contribution in [-0.4, -0.2) is 82.1 Å². The zero-order valence-electron chi connectivity index (χ0n) is 22.3. The minimum atomic E-state index is -1.41. The number of thiol groups is 1. The number of H-pyrrole nitrogens is 1. The lowest BCUT2D eigenvalue weighted by Gasteiger charge is -2.24. The predicted octanol–water partition coefficient (Wildman–Crippen LogP) is -2.17. The molecule has 2 aromatic rings. The van der Waals surface area contributed by atoms with Crippen LogP contribution in [0.2, 0.25) is 0 Å². The number of amides is 4. The van der Waals surface area contributed by atoms with Gasteiger partial charge in [0.05, 0.1) is 6.04 Å². The second-order valence-electron chi connectivity index (χ2n) is 9.33. The van der Waals surface area contributed by atoms with E-state index in [1.807, 2.05) is 24.3 Å². The molecule has 1 aromatic carbocycles. The lowest BCUT2D eigenvalue weighted by atomic mass is 10.0. The fourth-order valence-corrected chi connectivity index (χ4v) is 4.20. The van der Waals surface area contributed by atoms with E-state index in [-0.39, 0.29) is 43.9 Å². The van der Waals surface area contributed by atoms with E-state index >= 15 is 0 Å². The number of benzene rings is 1. The number of hydrogen-bond donors (Lipinski definition) is 10. The molecule has 13 N–H and O–H groups in total. The van der Waals surface area contributed by atoms with E-state index in [4.69, 9.17) is 22.9 Å². The molecule has 4 unspecified atom stereocenters. The van der Waals surface area contributed by atoms with Crippen molar-refractivity contribution in [2.45, 2.75) is 56.3 Å². The smallest absolute Gasteiger partial charge is 0.326 e. The van der Waals surface area contributed by atoms with Gasteiger partial charge in [0.25, 0.3) is 0 Å². The monoisotopic (exact) mass is 591 g/mol. The number of primary amides is 1. The van der Waals surface area contributed by atoms with Crippen molar-refractivity contribution in [2.24, 2.45) is 27.9 Å². The lowest BCUT2D eigenvalue weighted by Crippen LogP contribution is -2.58. The van der Waals surface area contributed by atoms with E-state index < -0.39 is 53.8 Å². The SMILES string of the molecule is NC(=O)CCC(NC(=O)C(CS)NC(=O)C(Cc1c[nH]c2ccccc12)NC(=O)C(N)CCCN=C(N)N)C(=O)O. The van der Waals surface area contributed by atoms with Crippen LogP contribution in [0, 0.1) is 0 Å². The average molecular weight is 592 g/mol. The number of fused-ring (bicyclic) bond motifs is 1. The molecule has 0 spiro atoms. The minimum absolute atomic E-state index is 0.0551. The van der Waals surface area contributed by atoms with Crippen molar-refractivity contribution in [3.63, 3.8) is 0 Å². The Balaban J connectivity index is 2.18. The van der Waals surface area contributed by atoms with Crippen molar-refractivity contribution in [3.05, 3.63) is 36.0 Å². The van der Waals surface area contributed by atoms with Crippen LogP contribution in [0.5, 0.6) is 0 Å². The van der Waals surface area contributed by atoms with Crippen LogP contribution in [0.15, 0.2) is 35.5 Å². The highest BCUT2D eigenvalue weighted by molar-refractivity contribution is 7.80. The molecule has 0 aliphatic carbocycles. The Bertz CT molecular complexity index is 1260. The van der Waals surface area contributed by atoms with Crippen molar-refractivity contribution in [1.82, 2.24) is 20.9 Å². The van der Waals surface area contributed by atoms with Gasteiger partial charge in [0.2, 0.25) is 23.6 Å². The summed E-state index contributed by atoms with van der Waals surface area (Å²) in [5.74, 6) is -4.51. The number of rotatable bonds is 17. The first-order valence-electron chi connectivity index (χ1n) is 12.8. The first-order chi connectivity index (χ1) is 19.4. The number of aromatic nitrogens is 1. The van der Waals surface area contributed by atoms with E-state index in [1.165, 1.54) is 0 Å². The molecule has 0 saturated heterocycles. The maximum absolute atomic E-state index is 13.4. The summed E-state index contributed by atoms with van der Waals surface area (Å²) in [5.41, 5.74) is 23.3. The van der Waals surface area contributed by atoms with Crippen LogP contribution in [0.1, 0.15) is 31.2 Å². The normalized spacial score (nSPS) is 13.8. The summed E-state index contributed by atoms with van der Waals surface area (Å²) in [7, 11) is 0. The highest BCUT2D eigenvalue weighted by Crippen LogP contribution is 2.19. The van der Waals surface area contributed by atoms with Gasteiger partial charge < -0.3 is 49.0 Å². The molecular formula is C25H37N9O6S. The summed E-state index contributed by atoms with van der Waals surface area (Å²) in [5, 5.41) is 17.7. The first-order valence-corrected chi connectivity index (χ1v) is 13.4. The van der Waals surface area contributed by atoms with Crippen LogP contribution in [0.3, 0.4) is 0 Å². The van der Waals surface area contributed by atoms with Gasteiger partial charge >= 0.3 is 5.97 Å². The molecule has 0 radical (unpaired) electrons. The Morgan fingerprint density at radius 2 is 1.56 bits per heavy atom. The van der Waals surface area contributed by atoms with Crippen molar-refractivity contribution in [3.8, 4) is 0 Å². The molecule has 0 aliphatic rings. The van der Waals surface area contributed by atoms with E-state index in [9.17, 15) is 29.1 Å². The molecule has 1 aromatic heterocycles. The molecule has 16 heteroatoms. The number of carboxylic acids is 1. The Morgan fingerprint density at radius 1 is 0.927 bits per heavy atom. The van der Waals surface area contributed by atoms with Gasteiger partial charge in [0.1, 0.15) is 18.1 Å². The van der Waals surface area contributed by atoms with Crippen LogP contribution in [-0.2, 0) is 30.4 Å². The Morgan fingerprint density at radius 3 is 2.20 bits per heavy atom. The molecule has 15 nitrogen and oxygen atoms in total. The number of hydrogen-bond acceptors (Lipinski definition) is 8. The van der Waals surface area contributed by atoms with Crippen LogP contribution < -0.4 is 38.9 Å². The molecule has 0 bridgehead atoms. The highest BCUT2D eigenvalue weighted by Gasteiger charge is 2.30. The number of nitrogens with two attached hydrogens (primary N) is 4. The molecule has 4 amide bonds. The van der Waals surface area contributed by atoms with Gasteiger partial charge in [-0.1, -0.05) is 18.2 Å². The largest absolute Gasteiger partial charge is 0.480 e. The molecule has 4 atom stereocenters. The molecule has 0 fully saturated rings. The second kappa shape index (κ2) is 16.1. The Kier molecular flexibility index (Phi) is 12.9. The standard InChI is InChI=1S/C25H37N9O6S/c26-15(5-3-9-30-25(28)29)21(36)33-18(10-13-11-31-16-6-2-1-4-14(13)16)22(37)34-19(12-41)23(38)32-17(24(39)40)7-8-20(27)35/h1-2,4,6,11,15,17-19,31,41H,3,5,7-10,12,26H2,(H2,27,35)(H,32,38)(H,33,36)(H,34,37)(H,39,40)(H4,28,29,30). The average Bonchev–Trinajstić information content (AvgIpc) is 3.33. The summed E-state index contributed by atoms with van der Waals surface area (Å²) in [6, 6.07) is 2.62. The number of para-hydroxylation sites is 1. The number of guanidine groups is 1. The molecular weight excluding hydrogens is 554 g/mol. The van der Waals surface area contributed by atoms with Crippen molar-refractivity contribution < 1.29 is 29.1 Å². The van der Waals surface area contributed by atoms with Gasteiger partial charge in [-0.15, -0.1) is 0 Å². The van der Waals surface area contributed by atoms with Crippen LogP contribution >= 0.6 is 12.6 Å². The van der Waals surface area contributed by atoms with Gasteiger partial charge in [-0.2, -0.15) is 12.6 Å². The van der Waals surface area contributed by atoms with Crippen molar-refractivity contribution in [2.75, 3.05) is 12.3 Å². The number of nitrogens with zero attached hydrogens (tertiary/aromatic N) is 1. The topological polar surface area (TPSA) is 274 Å². The maximum atomic E-state index is 13.4. The number of carboxylic acid groups (broad SMARTS) is 1. The highest BCUT2D eigenvalue weighted by atomic mass is 32.1. The van der Waals surface area contributed by atoms with E-state index in [1.54, 1.807) is 6.20 Å². The summed E-state index contributed by atoms with van der Waals surface area (Å²) >= 11 is 4.12. The van der Waals surface area contributed by atoms with E-state index in [0.717, 1.165) is 16.5 Å². The number of carbonyl (C=O) groups excluding carboxylic acids is 4. The number of aliphatic carboxylic acids is 1. The van der Waals surface area contributed by atoms with Gasteiger partial charge in [-0.05, 0) is 30.9 Å². The number of carbonyl (C=O) groups is 5. The fourth-order valence-electron chi connectivity index (χ4n) is 3.94. The van der Waals surface area contributed by atoms with Gasteiger partial charge in [-0.25, -0.2) is 4.79 Å². The van der Waals surface area contributed by atoms with Gasteiger partial charge in [0, 0.05) is 42.2 Å². The van der Waals surface area contributed by atoms with Crippen LogP contribution in [0.25, 0.3) is 10.9 Å². The molecule has 0 aliphatic heterocycles. The van der Waals surface area contributed by atoms with E-state index in [0.29, 0.717) is 6.42 Å². The summed E-state index contributed by atoms with van der Waals surface area (Å²) in [6.07, 6.45) is 1.94. The second-order valence-corrected chi connectivity index (χ2v) is 9.69. The molecule has 0 saturated carbocycles. The number of aromatic amines is 1. The molecule has 41 heavy (non-hydrogen) atoms. The third-order valence-electron chi connectivity index (χ3n) is 6.15. The fraction of sp³-hybridized carbons (Fsp3) is 0.440. The zero-order valence-corrected chi connectivity index (χ0v) is 23.2. The molecule has 2 rings (SSSR count). The van der Waals surface area contributed by atoms with Crippen molar-refractivity contribution >= 4 is 59.1 Å². The van der Waals surface area contributed by atoms with Crippen LogP contribution in [0.4, 0.5) is 0 Å². The van der Waals surface area contributed by atoms with Crippen molar-refractivity contribution in [1.29, 1.82) is 0 Å². The predicted molar refractivity (Wildman–Crippen MR) is 156 cm³/mol. The third-order valence-corrected chi connectivity index (χ3v) is 6.51. The summed E-state index contributed by atoms with van der Waals surface area (Å²) in [4.78, 5) is 68.7. The quantitative estimate of drug-likeness (QED) is 0.0414. The number of nitrogens with one attached hydrogen (secondary N) is 4. The maximum Gasteiger partial charge on any atom is 0.326 e. The Labute approximate surface area is 241 Å². The zero-order chi connectivity index (χ0) is 30.5. The summed E-state index contributed by atoms with van der Waals surface area (Å²) < 4.78 is 0. The molecule has 224 valence electrons. The minimum Gasteiger partial charge on any atom is -0.480 e. The third kappa shape index (κ3) is 10.6. The van der Waals surface area contributed by atoms with Gasteiger partial charge in [0.15, 0.2) is 5.96 Å². The lowest BCUT2D eigenvalue weighted by molar-refractivity contribution is -0.142. The molecule has 1 heterocycles. The number of aliphatic imine (C=N–C) groups is 1. The summed E-state index contributed by atoms with van der Waals surface area (Å²) in [6.45, 7) is 0.276. The van der Waals surface area contributed by atoms with E-state index in [2.05, 4.69) is 38.6 Å². The first kappa shape index (κ1) is 32.9. The Hall–Kier alpha value is -4.31. The van der Waals surface area contributed by atoms with Gasteiger partial charge in [-0.3, -0.25) is 24.2 Å².